The number of ether oxygens (including phenoxy) is 1. The van der Waals surface area contributed by atoms with E-state index >= 15 is 0 Å². The quantitative estimate of drug-likeness (QED) is 0.811. The zero-order valence-corrected chi connectivity index (χ0v) is 13.5. The average molecular weight is 357 g/mol. The van der Waals surface area contributed by atoms with E-state index in [2.05, 4.69) is 21.2 Å². The monoisotopic (exact) mass is 355 g/mol. The Kier molecular flexibility index (Phi) is 4.78. The molecular weight excluding hydrogens is 342 g/mol. The third-order valence-corrected chi connectivity index (χ3v) is 3.93. The lowest BCUT2D eigenvalue weighted by atomic mass is 10.1. The molecular formula is C15H15BrClNO2. The van der Waals surface area contributed by atoms with Crippen molar-refractivity contribution in [2.75, 3.05) is 12.4 Å². The SMILES string of the molecule is COc1ccc(O)c(C(C)Nc2cc(Cl)ccc2Br)c1. The lowest BCUT2D eigenvalue weighted by Gasteiger charge is -2.19. The third-order valence-electron chi connectivity index (χ3n) is 3.00. The van der Waals surface area contributed by atoms with E-state index in [0.29, 0.717) is 10.8 Å². The molecule has 0 saturated heterocycles. The maximum atomic E-state index is 9.97. The minimum atomic E-state index is -0.0973. The van der Waals surface area contributed by atoms with Crippen molar-refractivity contribution in [1.29, 1.82) is 0 Å². The molecule has 0 amide bonds. The molecule has 2 aromatic rings. The van der Waals surface area contributed by atoms with Crippen molar-refractivity contribution in [3.63, 3.8) is 0 Å². The van der Waals surface area contributed by atoms with Gasteiger partial charge in [-0.3, -0.25) is 0 Å². The van der Waals surface area contributed by atoms with Crippen LogP contribution in [0.3, 0.4) is 0 Å². The summed E-state index contributed by atoms with van der Waals surface area (Å²) in [5, 5.41) is 13.9. The fraction of sp³-hybridized carbons (Fsp3) is 0.200. The van der Waals surface area contributed by atoms with Crippen molar-refractivity contribution < 1.29 is 9.84 Å². The van der Waals surface area contributed by atoms with Gasteiger partial charge in [-0.1, -0.05) is 11.6 Å². The minimum absolute atomic E-state index is 0.0973. The Morgan fingerprint density at radius 2 is 2.00 bits per heavy atom. The van der Waals surface area contributed by atoms with Crippen LogP contribution >= 0.6 is 27.5 Å². The highest BCUT2D eigenvalue weighted by atomic mass is 79.9. The van der Waals surface area contributed by atoms with Crippen LogP contribution in [0.25, 0.3) is 0 Å². The molecule has 2 rings (SSSR count). The number of phenols is 1. The summed E-state index contributed by atoms with van der Waals surface area (Å²) in [6.45, 7) is 1.96. The second kappa shape index (κ2) is 6.37. The Labute approximate surface area is 131 Å². The van der Waals surface area contributed by atoms with Gasteiger partial charge in [-0.05, 0) is 59.3 Å². The Balaban J connectivity index is 2.27. The zero-order chi connectivity index (χ0) is 14.7. The smallest absolute Gasteiger partial charge is 0.121 e. The number of hydrogen-bond donors (Lipinski definition) is 2. The third kappa shape index (κ3) is 3.38. The van der Waals surface area contributed by atoms with Gasteiger partial charge in [0.15, 0.2) is 0 Å². The second-order valence-electron chi connectivity index (χ2n) is 4.41. The molecule has 0 fully saturated rings. The van der Waals surface area contributed by atoms with Crippen LogP contribution < -0.4 is 10.1 Å². The summed E-state index contributed by atoms with van der Waals surface area (Å²) in [5.41, 5.74) is 1.63. The summed E-state index contributed by atoms with van der Waals surface area (Å²) in [6, 6.07) is 10.6. The molecule has 0 aliphatic heterocycles. The van der Waals surface area contributed by atoms with E-state index in [0.717, 1.165) is 15.7 Å². The van der Waals surface area contributed by atoms with Crippen molar-refractivity contribution in [2.45, 2.75) is 13.0 Å². The van der Waals surface area contributed by atoms with E-state index in [-0.39, 0.29) is 11.8 Å². The van der Waals surface area contributed by atoms with Gasteiger partial charge in [-0.15, -0.1) is 0 Å². The highest BCUT2D eigenvalue weighted by Crippen LogP contribution is 2.33. The van der Waals surface area contributed by atoms with Gasteiger partial charge in [0.1, 0.15) is 11.5 Å². The molecule has 3 nitrogen and oxygen atoms in total. The fourth-order valence-electron chi connectivity index (χ4n) is 1.93. The van der Waals surface area contributed by atoms with Crippen LogP contribution in [0.4, 0.5) is 5.69 Å². The molecule has 106 valence electrons. The van der Waals surface area contributed by atoms with Gasteiger partial charge in [0, 0.05) is 15.1 Å². The van der Waals surface area contributed by atoms with E-state index < -0.39 is 0 Å². The molecule has 0 heterocycles. The summed E-state index contributed by atoms with van der Waals surface area (Å²) in [6.07, 6.45) is 0. The van der Waals surface area contributed by atoms with Crippen LogP contribution in [-0.4, -0.2) is 12.2 Å². The van der Waals surface area contributed by atoms with E-state index in [1.807, 2.05) is 31.2 Å². The standard InChI is InChI=1S/C15H15BrClNO2/c1-9(12-8-11(20-2)4-6-15(12)19)18-14-7-10(17)3-5-13(14)16/h3-9,18-19H,1-2H3. The predicted molar refractivity (Wildman–Crippen MR) is 85.8 cm³/mol. The van der Waals surface area contributed by atoms with Crippen LogP contribution in [0, 0.1) is 0 Å². The van der Waals surface area contributed by atoms with Crippen LogP contribution in [-0.2, 0) is 0 Å². The molecule has 0 aromatic heterocycles. The molecule has 2 N–H and O–H groups in total. The van der Waals surface area contributed by atoms with Gasteiger partial charge in [0.2, 0.25) is 0 Å². The first kappa shape index (κ1) is 15.0. The number of nitrogens with one attached hydrogen (secondary N) is 1. The Bertz CT molecular complexity index is 619. The van der Waals surface area contributed by atoms with Crippen molar-refractivity contribution in [2.24, 2.45) is 0 Å². The van der Waals surface area contributed by atoms with E-state index in [4.69, 9.17) is 16.3 Å². The molecule has 0 spiro atoms. The molecule has 2 aromatic carbocycles. The van der Waals surface area contributed by atoms with Crippen molar-refractivity contribution in [1.82, 2.24) is 0 Å². The highest BCUT2D eigenvalue weighted by molar-refractivity contribution is 9.10. The maximum absolute atomic E-state index is 9.97. The number of anilines is 1. The summed E-state index contributed by atoms with van der Waals surface area (Å²) in [4.78, 5) is 0. The van der Waals surface area contributed by atoms with Crippen LogP contribution in [0.2, 0.25) is 5.02 Å². The second-order valence-corrected chi connectivity index (χ2v) is 5.71. The van der Waals surface area contributed by atoms with Crippen molar-refractivity contribution in [3.05, 3.63) is 51.5 Å². The van der Waals surface area contributed by atoms with Crippen LogP contribution in [0.1, 0.15) is 18.5 Å². The van der Waals surface area contributed by atoms with Gasteiger partial charge in [0.25, 0.3) is 0 Å². The van der Waals surface area contributed by atoms with Crippen molar-refractivity contribution >= 4 is 33.2 Å². The van der Waals surface area contributed by atoms with Gasteiger partial charge in [-0.2, -0.15) is 0 Å². The first-order valence-electron chi connectivity index (χ1n) is 6.09. The predicted octanol–water partition coefficient (Wildman–Crippen LogP) is 4.99. The first-order chi connectivity index (χ1) is 9.51. The largest absolute Gasteiger partial charge is 0.508 e. The number of rotatable bonds is 4. The number of phenolic OH excluding ortho intramolecular Hbond substituents is 1. The molecule has 0 aliphatic rings. The van der Waals surface area contributed by atoms with Gasteiger partial charge >= 0.3 is 0 Å². The Morgan fingerprint density at radius 3 is 2.70 bits per heavy atom. The maximum Gasteiger partial charge on any atom is 0.121 e. The van der Waals surface area contributed by atoms with E-state index in [9.17, 15) is 5.11 Å². The number of methoxy groups -OCH3 is 1. The molecule has 0 radical (unpaired) electrons. The summed E-state index contributed by atoms with van der Waals surface area (Å²) in [7, 11) is 1.60. The molecule has 20 heavy (non-hydrogen) atoms. The molecule has 1 atom stereocenters. The fourth-order valence-corrected chi connectivity index (χ4v) is 2.46. The average Bonchev–Trinajstić information content (AvgIpc) is 2.43. The molecule has 0 bridgehead atoms. The molecule has 1 unspecified atom stereocenters. The number of benzene rings is 2. The summed E-state index contributed by atoms with van der Waals surface area (Å²) >= 11 is 9.46. The first-order valence-corrected chi connectivity index (χ1v) is 7.27. The highest BCUT2D eigenvalue weighted by Gasteiger charge is 2.13. The van der Waals surface area contributed by atoms with E-state index in [1.165, 1.54) is 0 Å². The van der Waals surface area contributed by atoms with Gasteiger partial charge in [0.05, 0.1) is 18.8 Å². The number of aromatic hydroxyl groups is 1. The molecule has 5 heteroatoms. The number of halogens is 2. The van der Waals surface area contributed by atoms with Gasteiger partial charge < -0.3 is 15.2 Å². The normalized spacial score (nSPS) is 12.0. The number of hydrogen-bond acceptors (Lipinski definition) is 3. The Morgan fingerprint density at radius 1 is 1.25 bits per heavy atom. The van der Waals surface area contributed by atoms with Crippen LogP contribution in [0.5, 0.6) is 11.5 Å². The lowest BCUT2D eigenvalue weighted by molar-refractivity contribution is 0.410. The minimum Gasteiger partial charge on any atom is -0.508 e. The van der Waals surface area contributed by atoms with Crippen molar-refractivity contribution in [3.8, 4) is 11.5 Å². The Hall–Kier alpha value is -1.39. The van der Waals surface area contributed by atoms with Crippen LogP contribution in [0.15, 0.2) is 40.9 Å². The topological polar surface area (TPSA) is 41.5 Å². The zero-order valence-electron chi connectivity index (χ0n) is 11.2. The summed E-state index contributed by atoms with van der Waals surface area (Å²) in [5.74, 6) is 0.931. The molecule has 0 aliphatic carbocycles. The van der Waals surface area contributed by atoms with Gasteiger partial charge in [-0.25, -0.2) is 0 Å². The summed E-state index contributed by atoms with van der Waals surface area (Å²) < 4.78 is 6.10. The molecule has 0 saturated carbocycles. The van der Waals surface area contributed by atoms with E-state index in [1.54, 1.807) is 19.2 Å². The lowest BCUT2D eigenvalue weighted by Crippen LogP contribution is -2.07.